The number of ether oxygens (including phenoxy) is 2. The predicted molar refractivity (Wildman–Crippen MR) is 134 cm³/mol. The van der Waals surface area contributed by atoms with E-state index in [1.807, 2.05) is 75.4 Å². The number of carbonyl (C=O) groups excluding carboxylic acids is 1. The van der Waals surface area contributed by atoms with Crippen molar-refractivity contribution in [3.8, 4) is 5.75 Å². The average Bonchev–Trinajstić information content (AvgIpc) is 3.09. The fourth-order valence-corrected chi connectivity index (χ4v) is 4.97. The maximum Gasteiger partial charge on any atom is 0.338 e. The molecule has 6 nitrogen and oxygen atoms in total. The molecule has 34 heavy (non-hydrogen) atoms. The SMILES string of the molecule is CCOC(=O)C1=C(C)N=c2s/c(=C/c3ccc(OC(C)C)cc3)c(=O)n2[C@@H]1c1ccc(C)cc1. The summed E-state index contributed by atoms with van der Waals surface area (Å²) in [5, 5.41) is 0. The van der Waals surface area contributed by atoms with Crippen LogP contribution in [-0.2, 0) is 9.53 Å². The third kappa shape index (κ3) is 4.75. The number of nitrogens with zero attached hydrogens (tertiary/aromatic N) is 2. The molecule has 1 aliphatic heterocycles. The second kappa shape index (κ2) is 9.81. The first-order chi connectivity index (χ1) is 16.3. The van der Waals surface area contributed by atoms with Crippen molar-refractivity contribution in [3.63, 3.8) is 0 Å². The number of rotatable bonds is 6. The second-order valence-corrected chi connectivity index (χ2v) is 9.46. The Kier molecular flexibility index (Phi) is 6.84. The van der Waals surface area contributed by atoms with Crippen molar-refractivity contribution < 1.29 is 14.3 Å². The zero-order valence-corrected chi connectivity index (χ0v) is 20.8. The van der Waals surface area contributed by atoms with Crippen LogP contribution in [0.4, 0.5) is 0 Å². The summed E-state index contributed by atoms with van der Waals surface area (Å²) in [7, 11) is 0. The molecule has 7 heteroatoms. The number of hydrogen-bond donors (Lipinski definition) is 0. The Morgan fingerprint density at radius 3 is 2.41 bits per heavy atom. The van der Waals surface area contributed by atoms with Crippen LogP contribution >= 0.6 is 11.3 Å². The van der Waals surface area contributed by atoms with Crippen molar-refractivity contribution in [2.75, 3.05) is 6.61 Å². The molecule has 2 aromatic carbocycles. The van der Waals surface area contributed by atoms with Gasteiger partial charge in [-0.05, 0) is 64.0 Å². The molecule has 0 aliphatic carbocycles. The Morgan fingerprint density at radius 1 is 1.12 bits per heavy atom. The van der Waals surface area contributed by atoms with Crippen LogP contribution in [0.3, 0.4) is 0 Å². The van der Waals surface area contributed by atoms with Crippen LogP contribution in [0.2, 0.25) is 0 Å². The number of thiazole rings is 1. The summed E-state index contributed by atoms with van der Waals surface area (Å²) in [5.74, 6) is 0.326. The Labute approximate surface area is 202 Å². The molecule has 0 fully saturated rings. The number of hydrogen-bond acceptors (Lipinski definition) is 6. The monoisotopic (exact) mass is 476 g/mol. The quantitative estimate of drug-likeness (QED) is 0.506. The fraction of sp³-hybridized carbons (Fsp3) is 0.296. The van der Waals surface area contributed by atoms with Crippen LogP contribution in [0.1, 0.15) is 50.4 Å². The van der Waals surface area contributed by atoms with E-state index in [9.17, 15) is 9.59 Å². The lowest BCUT2D eigenvalue weighted by Crippen LogP contribution is -2.39. The maximum absolute atomic E-state index is 13.6. The van der Waals surface area contributed by atoms with Gasteiger partial charge < -0.3 is 9.47 Å². The van der Waals surface area contributed by atoms with Crippen LogP contribution in [0.25, 0.3) is 6.08 Å². The number of esters is 1. The van der Waals surface area contributed by atoms with Gasteiger partial charge in [0.25, 0.3) is 5.56 Å². The van der Waals surface area contributed by atoms with E-state index < -0.39 is 12.0 Å². The first-order valence-electron chi connectivity index (χ1n) is 11.3. The Bertz CT molecular complexity index is 1410. The van der Waals surface area contributed by atoms with Crippen LogP contribution < -0.4 is 19.6 Å². The van der Waals surface area contributed by atoms with Crippen LogP contribution in [0.15, 0.2) is 69.6 Å². The second-order valence-electron chi connectivity index (χ2n) is 8.45. The molecular formula is C27H28N2O4S. The third-order valence-electron chi connectivity index (χ3n) is 5.46. The smallest absolute Gasteiger partial charge is 0.338 e. The van der Waals surface area contributed by atoms with Gasteiger partial charge in [0.1, 0.15) is 5.75 Å². The lowest BCUT2D eigenvalue weighted by atomic mass is 9.95. The summed E-state index contributed by atoms with van der Waals surface area (Å²) in [4.78, 5) is 31.7. The summed E-state index contributed by atoms with van der Waals surface area (Å²) in [6, 6.07) is 14.9. The molecule has 0 saturated heterocycles. The van der Waals surface area contributed by atoms with Crippen molar-refractivity contribution in [2.24, 2.45) is 4.99 Å². The molecule has 0 bridgehead atoms. The number of aromatic nitrogens is 1. The van der Waals surface area contributed by atoms with Crippen molar-refractivity contribution in [2.45, 2.75) is 46.8 Å². The molecule has 0 spiro atoms. The molecule has 0 saturated carbocycles. The summed E-state index contributed by atoms with van der Waals surface area (Å²) >= 11 is 1.31. The van der Waals surface area contributed by atoms with Crippen LogP contribution in [-0.4, -0.2) is 23.2 Å². The summed E-state index contributed by atoms with van der Waals surface area (Å²) in [6.45, 7) is 9.76. The summed E-state index contributed by atoms with van der Waals surface area (Å²) < 4.78 is 13.2. The molecule has 0 unspecified atom stereocenters. The van der Waals surface area contributed by atoms with Crippen LogP contribution in [0.5, 0.6) is 5.75 Å². The topological polar surface area (TPSA) is 69.9 Å². The molecule has 3 aromatic rings. The van der Waals surface area contributed by atoms with E-state index in [0.29, 0.717) is 20.6 Å². The van der Waals surface area contributed by atoms with Gasteiger partial charge in [-0.15, -0.1) is 0 Å². The van der Waals surface area contributed by atoms with E-state index >= 15 is 0 Å². The maximum atomic E-state index is 13.6. The van der Waals surface area contributed by atoms with Gasteiger partial charge in [-0.25, -0.2) is 9.79 Å². The molecule has 0 amide bonds. The van der Waals surface area contributed by atoms with E-state index in [0.717, 1.165) is 22.4 Å². The van der Waals surface area contributed by atoms with Crippen molar-refractivity contribution >= 4 is 23.4 Å². The van der Waals surface area contributed by atoms with E-state index in [4.69, 9.17) is 9.47 Å². The fourth-order valence-electron chi connectivity index (χ4n) is 3.92. The van der Waals surface area contributed by atoms with Gasteiger partial charge in [-0.3, -0.25) is 9.36 Å². The molecule has 0 N–H and O–H groups in total. The molecule has 2 heterocycles. The van der Waals surface area contributed by atoms with Gasteiger partial charge in [-0.2, -0.15) is 0 Å². The lowest BCUT2D eigenvalue weighted by Gasteiger charge is -2.24. The zero-order valence-electron chi connectivity index (χ0n) is 20.0. The number of carbonyl (C=O) groups is 1. The van der Waals surface area contributed by atoms with E-state index in [-0.39, 0.29) is 18.3 Å². The largest absolute Gasteiger partial charge is 0.491 e. The summed E-state index contributed by atoms with van der Waals surface area (Å²) in [5.41, 5.74) is 3.58. The number of aryl methyl sites for hydroxylation is 1. The lowest BCUT2D eigenvalue weighted by molar-refractivity contribution is -0.139. The number of fused-ring (bicyclic) bond motifs is 1. The van der Waals surface area contributed by atoms with Gasteiger partial charge in [0.2, 0.25) is 0 Å². The molecule has 1 atom stereocenters. The number of allylic oxidation sites excluding steroid dienone is 1. The first kappa shape index (κ1) is 23.7. The Hall–Kier alpha value is -3.45. The normalized spacial score (nSPS) is 15.8. The minimum Gasteiger partial charge on any atom is -0.491 e. The molecular weight excluding hydrogens is 448 g/mol. The molecule has 1 aromatic heterocycles. The van der Waals surface area contributed by atoms with E-state index in [1.54, 1.807) is 18.4 Å². The van der Waals surface area contributed by atoms with Gasteiger partial charge >= 0.3 is 5.97 Å². The van der Waals surface area contributed by atoms with Gasteiger partial charge in [0.05, 0.1) is 34.6 Å². The van der Waals surface area contributed by atoms with Crippen LogP contribution in [0, 0.1) is 6.92 Å². The van der Waals surface area contributed by atoms with E-state index in [2.05, 4.69) is 4.99 Å². The van der Waals surface area contributed by atoms with E-state index in [1.165, 1.54) is 11.3 Å². The predicted octanol–water partition coefficient (Wildman–Crippen LogP) is 3.89. The van der Waals surface area contributed by atoms with Crippen molar-refractivity contribution in [1.29, 1.82) is 0 Å². The molecule has 1 aliphatic rings. The highest BCUT2D eigenvalue weighted by molar-refractivity contribution is 7.07. The highest BCUT2D eigenvalue weighted by Crippen LogP contribution is 2.30. The molecule has 0 radical (unpaired) electrons. The molecule has 176 valence electrons. The zero-order chi connectivity index (χ0) is 24.4. The highest BCUT2D eigenvalue weighted by atomic mass is 32.1. The van der Waals surface area contributed by atoms with Gasteiger partial charge in [0, 0.05) is 0 Å². The first-order valence-corrected chi connectivity index (χ1v) is 12.1. The Morgan fingerprint density at radius 2 is 1.79 bits per heavy atom. The van der Waals surface area contributed by atoms with Crippen molar-refractivity contribution in [3.05, 3.63) is 96.2 Å². The summed E-state index contributed by atoms with van der Waals surface area (Å²) in [6.07, 6.45) is 1.94. The minimum atomic E-state index is -0.597. The van der Waals surface area contributed by atoms with Gasteiger partial charge in [0.15, 0.2) is 4.80 Å². The highest BCUT2D eigenvalue weighted by Gasteiger charge is 2.33. The Balaban J connectivity index is 1.85. The number of benzene rings is 2. The van der Waals surface area contributed by atoms with Gasteiger partial charge in [-0.1, -0.05) is 53.3 Å². The average molecular weight is 477 g/mol. The molecule has 4 rings (SSSR count). The standard InChI is InChI=1S/C27H28N2O4S/c1-6-32-26(31)23-18(5)28-27-29(24(23)20-11-7-17(4)8-12-20)25(30)22(34-27)15-19-9-13-21(14-10-19)33-16(2)3/h7-16,24H,6H2,1-5H3/b22-15+/t24-/m1/s1. The third-order valence-corrected chi connectivity index (χ3v) is 6.44. The minimum absolute atomic E-state index is 0.0909. The van der Waals surface area contributed by atoms with Crippen molar-refractivity contribution in [1.82, 2.24) is 4.57 Å².